The Morgan fingerprint density at radius 1 is 1.35 bits per heavy atom. The number of hydrogen-bond acceptors (Lipinski definition) is 4. The predicted molar refractivity (Wildman–Crippen MR) is 102 cm³/mol. The van der Waals surface area contributed by atoms with Gasteiger partial charge in [-0.3, -0.25) is 9.59 Å². The number of carbonyl (C=O) groups excluding carboxylic acids is 2. The highest BCUT2D eigenvalue weighted by atomic mass is 16.5. The van der Waals surface area contributed by atoms with E-state index < -0.39 is 0 Å². The third-order valence-electron chi connectivity index (χ3n) is 4.69. The number of benzene rings is 1. The van der Waals surface area contributed by atoms with Gasteiger partial charge in [-0.1, -0.05) is 12.1 Å². The molecule has 1 saturated heterocycles. The van der Waals surface area contributed by atoms with E-state index in [9.17, 15) is 9.59 Å². The van der Waals surface area contributed by atoms with Gasteiger partial charge in [0, 0.05) is 19.5 Å². The minimum atomic E-state index is -0.198. The first-order valence-electron chi connectivity index (χ1n) is 9.52. The molecule has 2 amide bonds. The fraction of sp³-hybridized carbons (Fsp3) is 0.600. The van der Waals surface area contributed by atoms with Crippen LogP contribution in [0, 0.1) is 12.8 Å². The van der Waals surface area contributed by atoms with Gasteiger partial charge < -0.3 is 20.7 Å². The van der Waals surface area contributed by atoms with Gasteiger partial charge in [-0.2, -0.15) is 0 Å². The SMILES string of the molecule is Cc1cccc(OCCCC(=O)NCCCN2CCCC(C(N)=O)C2)c1. The van der Waals surface area contributed by atoms with Crippen LogP contribution in [-0.2, 0) is 9.59 Å². The molecule has 6 nitrogen and oxygen atoms in total. The van der Waals surface area contributed by atoms with Crippen LogP contribution in [0.25, 0.3) is 0 Å². The lowest BCUT2D eigenvalue weighted by atomic mass is 9.97. The number of primary amides is 1. The van der Waals surface area contributed by atoms with E-state index in [4.69, 9.17) is 10.5 Å². The van der Waals surface area contributed by atoms with Crippen molar-refractivity contribution in [2.45, 2.75) is 39.0 Å². The van der Waals surface area contributed by atoms with Crippen LogP contribution < -0.4 is 15.8 Å². The average molecular weight is 361 g/mol. The molecule has 6 heteroatoms. The molecule has 2 rings (SSSR count). The van der Waals surface area contributed by atoms with Gasteiger partial charge in [-0.15, -0.1) is 0 Å². The molecule has 0 aliphatic carbocycles. The van der Waals surface area contributed by atoms with Crippen LogP contribution in [-0.4, -0.2) is 49.5 Å². The zero-order valence-electron chi connectivity index (χ0n) is 15.7. The van der Waals surface area contributed by atoms with Gasteiger partial charge in [0.2, 0.25) is 11.8 Å². The molecule has 1 aliphatic heterocycles. The Morgan fingerprint density at radius 2 is 2.19 bits per heavy atom. The third kappa shape index (κ3) is 7.44. The summed E-state index contributed by atoms with van der Waals surface area (Å²) in [6, 6.07) is 7.91. The van der Waals surface area contributed by atoms with Crippen LogP contribution in [0.3, 0.4) is 0 Å². The first-order valence-corrected chi connectivity index (χ1v) is 9.52. The molecule has 1 aliphatic rings. The number of rotatable bonds is 10. The van der Waals surface area contributed by atoms with Crippen LogP contribution >= 0.6 is 0 Å². The fourth-order valence-corrected chi connectivity index (χ4v) is 3.24. The summed E-state index contributed by atoms with van der Waals surface area (Å²) < 4.78 is 5.65. The normalized spacial score (nSPS) is 17.7. The molecule has 1 unspecified atom stereocenters. The van der Waals surface area contributed by atoms with Crippen LogP contribution in [0.4, 0.5) is 0 Å². The fourth-order valence-electron chi connectivity index (χ4n) is 3.24. The minimum absolute atomic E-state index is 0.0215. The Bertz CT molecular complexity index is 591. The molecule has 1 atom stereocenters. The first-order chi connectivity index (χ1) is 12.5. The number of amides is 2. The van der Waals surface area contributed by atoms with E-state index in [0.29, 0.717) is 26.0 Å². The highest BCUT2D eigenvalue weighted by molar-refractivity contribution is 5.77. The molecule has 0 bridgehead atoms. The molecular formula is C20H31N3O3. The van der Waals surface area contributed by atoms with E-state index in [-0.39, 0.29) is 17.7 Å². The molecule has 0 aromatic heterocycles. The van der Waals surface area contributed by atoms with E-state index in [1.165, 1.54) is 0 Å². The zero-order chi connectivity index (χ0) is 18.8. The molecule has 0 radical (unpaired) electrons. The highest BCUT2D eigenvalue weighted by Crippen LogP contribution is 2.16. The second-order valence-electron chi connectivity index (χ2n) is 7.01. The second-order valence-corrected chi connectivity index (χ2v) is 7.01. The summed E-state index contributed by atoms with van der Waals surface area (Å²) in [5, 5.41) is 2.95. The first kappa shape index (κ1) is 20.2. The van der Waals surface area contributed by atoms with Crippen molar-refractivity contribution >= 4 is 11.8 Å². The van der Waals surface area contributed by atoms with Crippen LogP contribution in [0.15, 0.2) is 24.3 Å². The maximum absolute atomic E-state index is 11.9. The zero-order valence-corrected chi connectivity index (χ0v) is 15.7. The van der Waals surface area contributed by atoms with Gasteiger partial charge in [0.1, 0.15) is 5.75 Å². The van der Waals surface area contributed by atoms with Crippen LogP contribution in [0.2, 0.25) is 0 Å². The van der Waals surface area contributed by atoms with E-state index in [1.54, 1.807) is 0 Å². The Balaban J connectivity index is 1.50. The highest BCUT2D eigenvalue weighted by Gasteiger charge is 2.23. The molecule has 1 aromatic rings. The molecule has 1 heterocycles. The van der Waals surface area contributed by atoms with Crippen molar-refractivity contribution in [3.05, 3.63) is 29.8 Å². The molecular weight excluding hydrogens is 330 g/mol. The maximum atomic E-state index is 11.9. The lowest BCUT2D eigenvalue weighted by molar-refractivity contribution is -0.123. The van der Waals surface area contributed by atoms with E-state index in [1.807, 2.05) is 31.2 Å². The molecule has 144 valence electrons. The smallest absolute Gasteiger partial charge is 0.221 e. The van der Waals surface area contributed by atoms with E-state index in [2.05, 4.69) is 10.2 Å². The number of ether oxygens (including phenoxy) is 1. The third-order valence-corrected chi connectivity index (χ3v) is 4.69. The van der Waals surface area contributed by atoms with Gasteiger partial charge in [0.15, 0.2) is 0 Å². The molecule has 1 aromatic carbocycles. The van der Waals surface area contributed by atoms with Gasteiger partial charge in [-0.25, -0.2) is 0 Å². The molecule has 26 heavy (non-hydrogen) atoms. The van der Waals surface area contributed by atoms with Crippen molar-refractivity contribution in [1.29, 1.82) is 0 Å². The quantitative estimate of drug-likeness (QED) is 0.623. The summed E-state index contributed by atoms with van der Waals surface area (Å²) in [4.78, 5) is 25.4. The number of nitrogens with one attached hydrogen (secondary N) is 1. The number of nitrogens with two attached hydrogens (primary N) is 1. The standard InChI is InChI=1S/C20H31N3O3/c1-16-6-2-8-18(14-16)26-13-4-9-19(24)22-10-5-12-23-11-3-7-17(15-23)20(21)25/h2,6,8,14,17H,3-5,7,9-13,15H2,1H3,(H2,21,25)(H,22,24). The number of nitrogens with zero attached hydrogens (tertiary/aromatic N) is 1. The van der Waals surface area contributed by atoms with Gasteiger partial charge in [0.05, 0.1) is 12.5 Å². The Hall–Kier alpha value is -2.08. The van der Waals surface area contributed by atoms with E-state index in [0.717, 1.165) is 50.2 Å². The minimum Gasteiger partial charge on any atom is -0.494 e. The summed E-state index contributed by atoms with van der Waals surface area (Å²) in [6.07, 6.45) is 3.97. The van der Waals surface area contributed by atoms with Crippen molar-refractivity contribution in [3.8, 4) is 5.75 Å². The van der Waals surface area contributed by atoms with Crippen molar-refractivity contribution in [2.75, 3.05) is 32.8 Å². The largest absolute Gasteiger partial charge is 0.494 e. The summed E-state index contributed by atoms with van der Waals surface area (Å²) in [5.74, 6) is 0.690. The van der Waals surface area contributed by atoms with Crippen molar-refractivity contribution in [1.82, 2.24) is 10.2 Å². The molecule has 1 fully saturated rings. The van der Waals surface area contributed by atoms with Gasteiger partial charge in [0.25, 0.3) is 0 Å². The number of carbonyl (C=O) groups is 2. The summed E-state index contributed by atoms with van der Waals surface area (Å²) in [6.45, 7) is 5.88. The molecule has 3 N–H and O–H groups in total. The Morgan fingerprint density at radius 3 is 2.96 bits per heavy atom. The van der Waals surface area contributed by atoms with Crippen molar-refractivity contribution in [3.63, 3.8) is 0 Å². The summed E-state index contributed by atoms with van der Waals surface area (Å²) in [7, 11) is 0. The van der Waals surface area contributed by atoms with Crippen molar-refractivity contribution < 1.29 is 14.3 Å². The number of aryl methyl sites for hydroxylation is 1. The summed E-state index contributed by atoms with van der Waals surface area (Å²) in [5.41, 5.74) is 6.56. The topological polar surface area (TPSA) is 84.7 Å². The number of piperidine rings is 1. The van der Waals surface area contributed by atoms with Gasteiger partial charge in [-0.05, 0) is 63.4 Å². The average Bonchev–Trinajstić information content (AvgIpc) is 2.63. The van der Waals surface area contributed by atoms with Crippen LogP contribution in [0.5, 0.6) is 5.75 Å². The molecule has 0 saturated carbocycles. The molecule has 0 spiro atoms. The number of likely N-dealkylation sites (tertiary alicyclic amines) is 1. The Kier molecular flexibility index (Phi) is 8.41. The second kappa shape index (κ2) is 10.8. The van der Waals surface area contributed by atoms with Crippen molar-refractivity contribution in [2.24, 2.45) is 11.7 Å². The number of hydrogen-bond donors (Lipinski definition) is 2. The van der Waals surface area contributed by atoms with Crippen LogP contribution in [0.1, 0.15) is 37.7 Å². The monoisotopic (exact) mass is 361 g/mol. The predicted octanol–water partition coefficient (Wildman–Crippen LogP) is 1.86. The van der Waals surface area contributed by atoms with Gasteiger partial charge >= 0.3 is 0 Å². The Labute approximate surface area is 156 Å². The maximum Gasteiger partial charge on any atom is 0.221 e. The lowest BCUT2D eigenvalue weighted by Gasteiger charge is -2.31. The lowest BCUT2D eigenvalue weighted by Crippen LogP contribution is -2.42. The summed E-state index contributed by atoms with van der Waals surface area (Å²) >= 11 is 0. The van der Waals surface area contributed by atoms with E-state index >= 15 is 0 Å².